The van der Waals surface area contributed by atoms with Gasteiger partial charge in [-0.3, -0.25) is 0 Å². The van der Waals surface area contributed by atoms with E-state index in [-0.39, 0.29) is 0 Å². The summed E-state index contributed by atoms with van der Waals surface area (Å²) in [5, 5.41) is 8.97. The monoisotopic (exact) mass is 690 g/mol. The predicted molar refractivity (Wildman–Crippen MR) is 229 cm³/mol. The number of hydrogen-bond acceptors (Lipinski definition) is 2. The third kappa shape index (κ3) is 5.44. The summed E-state index contributed by atoms with van der Waals surface area (Å²) >= 11 is 0. The van der Waals surface area contributed by atoms with Crippen molar-refractivity contribution in [1.82, 2.24) is 0 Å². The Morgan fingerprint density at radius 1 is 0.370 bits per heavy atom. The van der Waals surface area contributed by atoms with Crippen molar-refractivity contribution < 1.29 is 8.83 Å². The first-order valence-corrected chi connectivity index (χ1v) is 18.3. The number of para-hydroxylation sites is 1. The number of furan rings is 2. The van der Waals surface area contributed by atoms with Gasteiger partial charge in [0.1, 0.15) is 22.3 Å². The van der Waals surface area contributed by atoms with Crippen LogP contribution in [0.4, 0.5) is 0 Å². The lowest BCUT2D eigenvalue weighted by Gasteiger charge is -2.11. The minimum Gasteiger partial charge on any atom is -0.456 e. The molecule has 0 spiro atoms. The molecule has 0 aliphatic rings. The van der Waals surface area contributed by atoms with Crippen molar-refractivity contribution in [1.29, 1.82) is 0 Å². The summed E-state index contributed by atoms with van der Waals surface area (Å²) in [6.07, 6.45) is 5.87. The number of allylic oxidation sites excluding steroid dienone is 2. The second-order valence-electron chi connectivity index (χ2n) is 13.7. The molecule has 10 rings (SSSR count). The molecule has 0 N–H and O–H groups in total. The Bertz CT molecular complexity index is 3190. The quantitative estimate of drug-likeness (QED) is 0.168. The number of hydrogen-bond donors (Lipinski definition) is 0. The van der Waals surface area contributed by atoms with Crippen LogP contribution in [0.1, 0.15) is 5.56 Å². The van der Waals surface area contributed by atoms with Gasteiger partial charge in [0.05, 0.1) is 0 Å². The molecule has 0 saturated heterocycles. The summed E-state index contributed by atoms with van der Waals surface area (Å²) in [4.78, 5) is 0. The third-order valence-corrected chi connectivity index (χ3v) is 10.4. The second kappa shape index (κ2) is 13.1. The van der Waals surface area contributed by atoms with Gasteiger partial charge in [0, 0.05) is 26.9 Å². The average Bonchev–Trinajstić information content (AvgIpc) is 3.78. The standard InChI is InChI=1S/C52H34O2/c1-2-3-14-34-15-12-17-37(29-34)40-19-6-4-5-7-20-41(43-22-9-8-21-42(40)43)38-18-13-16-35(30-38)36-26-28-50-47(31-36)48-32-39-25-27-45-44-23-10-11-24-49(44)54-52(45)46(39)33-51(48)53-50/h2-33H,1H2/b5-4?,6-4?,7-5?,14-3-,19-6?,20-7?,40-19?,41-20?,42-40?,43-41?. The van der Waals surface area contributed by atoms with Gasteiger partial charge in [0.25, 0.3) is 0 Å². The maximum absolute atomic E-state index is 6.48. The van der Waals surface area contributed by atoms with Crippen molar-refractivity contribution >= 4 is 71.5 Å². The van der Waals surface area contributed by atoms with Gasteiger partial charge in [-0.2, -0.15) is 0 Å². The first kappa shape index (κ1) is 31.6. The topological polar surface area (TPSA) is 26.3 Å². The van der Waals surface area contributed by atoms with E-state index in [1.54, 1.807) is 0 Å². The van der Waals surface area contributed by atoms with Crippen LogP contribution in [0.3, 0.4) is 0 Å². The van der Waals surface area contributed by atoms with E-state index in [1.807, 2.05) is 24.3 Å². The zero-order valence-corrected chi connectivity index (χ0v) is 29.5. The summed E-state index contributed by atoms with van der Waals surface area (Å²) < 4.78 is 12.8. The van der Waals surface area contributed by atoms with E-state index in [4.69, 9.17) is 8.83 Å². The van der Waals surface area contributed by atoms with Gasteiger partial charge in [-0.15, -0.1) is 0 Å². The Hall–Kier alpha value is -7.16. The highest BCUT2D eigenvalue weighted by molar-refractivity contribution is 6.19. The van der Waals surface area contributed by atoms with Gasteiger partial charge >= 0.3 is 0 Å². The molecule has 0 unspecified atom stereocenters. The Labute approximate surface area is 312 Å². The maximum Gasteiger partial charge on any atom is 0.143 e. The summed E-state index contributed by atoms with van der Waals surface area (Å²) in [6.45, 7) is 3.84. The Kier molecular flexibility index (Phi) is 7.66. The first-order chi connectivity index (χ1) is 26.7. The van der Waals surface area contributed by atoms with Gasteiger partial charge in [-0.05, 0) is 104 Å². The van der Waals surface area contributed by atoms with Crippen LogP contribution in [0.5, 0.6) is 0 Å². The Balaban J connectivity index is 1.11. The fourth-order valence-electron chi connectivity index (χ4n) is 7.88. The fraction of sp³-hybridized carbons (Fsp3) is 0. The summed E-state index contributed by atoms with van der Waals surface area (Å²) in [6, 6.07) is 62.6. The highest BCUT2D eigenvalue weighted by atomic mass is 16.3. The molecule has 0 bridgehead atoms. The molecule has 254 valence electrons. The summed E-state index contributed by atoms with van der Waals surface area (Å²) in [7, 11) is 0. The number of fused-ring (bicyclic) bond motifs is 9. The summed E-state index contributed by atoms with van der Waals surface area (Å²) in [5.74, 6) is 0. The lowest BCUT2D eigenvalue weighted by molar-refractivity contribution is 0.667. The van der Waals surface area contributed by atoms with Crippen molar-refractivity contribution in [3.05, 3.63) is 200 Å². The van der Waals surface area contributed by atoms with Gasteiger partial charge in [0.2, 0.25) is 0 Å². The zero-order valence-electron chi connectivity index (χ0n) is 29.5. The maximum atomic E-state index is 6.48. The highest BCUT2D eigenvalue weighted by Crippen LogP contribution is 2.40. The minimum absolute atomic E-state index is 0.853. The molecule has 0 radical (unpaired) electrons. The van der Waals surface area contributed by atoms with Crippen LogP contribution in [-0.4, -0.2) is 0 Å². The minimum atomic E-state index is 0.853. The molecule has 8 aromatic carbocycles. The average molecular weight is 691 g/mol. The molecule has 2 nitrogen and oxygen atoms in total. The van der Waals surface area contributed by atoms with E-state index in [2.05, 4.69) is 176 Å². The molecule has 2 heteroatoms. The molecule has 0 saturated carbocycles. The van der Waals surface area contributed by atoms with Crippen LogP contribution < -0.4 is 0 Å². The molecule has 2 aromatic heterocycles. The highest BCUT2D eigenvalue weighted by Gasteiger charge is 2.15. The van der Waals surface area contributed by atoms with Crippen LogP contribution in [0, 0.1) is 0 Å². The van der Waals surface area contributed by atoms with E-state index in [9.17, 15) is 0 Å². The van der Waals surface area contributed by atoms with Crippen molar-refractivity contribution in [2.24, 2.45) is 0 Å². The van der Waals surface area contributed by atoms with E-state index in [0.29, 0.717) is 0 Å². The third-order valence-electron chi connectivity index (χ3n) is 10.4. The van der Waals surface area contributed by atoms with E-state index < -0.39 is 0 Å². The fourth-order valence-corrected chi connectivity index (χ4v) is 7.88. The Morgan fingerprint density at radius 3 is 1.81 bits per heavy atom. The van der Waals surface area contributed by atoms with E-state index in [1.165, 1.54) is 16.3 Å². The SMILES string of the molecule is C=C/C=C\c1cccc(-c2ccccccc(-c3cccc(-c4ccc5oc6cc7c(ccc8c9ccccc9oc78)cc6c5c4)c3)c3ccccc23)c1. The molecule has 0 fully saturated rings. The molecule has 0 aliphatic carbocycles. The van der Waals surface area contributed by atoms with Crippen molar-refractivity contribution in [2.75, 3.05) is 0 Å². The van der Waals surface area contributed by atoms with Crippen LogP contribution >= 0.6 is 0 Å². The molecular weight excluding hydrogens is 657 g/mol. The zero-order chi connectivity index (χ0) is 36.0. The van der Waals surface area contributed by atoms with Crippen LogP contribution in [0.25, 0.3) is 105 Å². The van der Waals surface area contributed by atoms with E-state index in [0.717, 1.165) is 88.0 Å². The van der Waals surface area contributed by atoms with Crippen LogP contribution in [0.2, 0.25) is 0 Å². The smallest absolute Gasteiger partial charge is 0.143 e. The van der Waals surface area contributed by atoms with Crippen LogP contribution in [-0.2, 0) is 0 Å². The van der Waals surface area contributed by atoms with Crippen molar-refractivity contribution in [3.8, 4) is 33.4 Å². The van der Waals surface area contributed by atoms with Crippen LogP contribution in [0.15, 0.2) is 203 Å². The van der Waals surface area contributed by atoms with Crippen molar-refractivity contribution in [3.63, 3.8) is 0 Å². The molecule has 2 heterocycles. The molecule has 10 aromatic rings. The van der Waals surface area contributed by atoms with Crippen molar-refractivity contribution in [2.45, 2.75) is 0 Å². The molecular formula is C52H34O2. The second-order valence-corrected chi connectivity index (χ2v) is 13.7. The Morgan fingerprint density at radius 2 is 1.02 bits per heavy atom. The van der Waals surface area contributed by atoms with Gasteiger partial charge in [-0.1, -0.05) is 152 Å². The number of benzene rings is 7. The van der Waals surface area contributed by atoms with Gasteiger partial charge in [0.15, 0.2) is 0 Å². The lowest BCUT2D eigenvalue weighted by Crippen LogP contribution is -1.85. The predicted octanol–water partition coefficient (Wildman–Crippen LogP) is 15.1. The summed E-state index contributed by atoms with van der Waals surface area (Å²) in [5.41, 5.74) is 11.6. The van der Waals surface area contributed by atoms with Gasteiger partial charge < -0.3 is 8.83 Å². The lowest BCUT2D eigenvalue weighted by atomic mass is 9.93. The molecule has 0 aliphatic heterocycles. The van der Waals surface area contributed by atoms with Gasteiger partial charge in [-0.25, -0.2) is 0 Å². The normalized spacial score (nSPS) is 11.7. The van der Waals surface area contributed by atoms with E-state index >= 15 is 0 Å². The molecule has 54 heavy (non-hydrogen) atoms. The molecule has 0 atom stereocenters. The number of rotatable bonds is 5. The largest absolute Gasteiger partial charge is 0.456 e. The first-order valence-electron chi connectivity index (χ1n) is 18.3. The molecule has 0 amide bonds.